The lowest BCUT2D eigenvalue weighted by Crippen LogP contribution is -2.30. The van der Waals surface area contributed by atoms with Crippen LogP contribution in [0.3, 0.4) is 0 Å². The van der Waals surface area contributed by atoms with Crippen LogP contribution >= 0.6 is 0 Å². The number of rotatable bonds is 6. The molecule has 9 heteroatoms. The Hall–Kier alpha value is -3.36. The number of amides is 1. The van der Waals surface area contributed by atoms with Crippen LogP contribution < -0.4 is 14.2 Å². The molecule has 0 aliphatic heterocycles. The molecule has 0 fully saturated rings. The molecule has 0 bridgehead atoms. The van der Waals surface area contributed by atoms with E-state index in [1.54, 1.807) is 24.3 Å². The molecule has 0 aliphatic rings. The molecular weight excluding hydrogens is 342 g/mol. The van der Waals surface area contributed by atoms with Crippen LogP contribution in [-0.4, -0.2) is 41.1 Å². The first-order valence-corrected chi connectivity index (χ1v) is 7.62. The number of hydrogen-bond donors (Lipinski definition) is 0. The van der Waals surface area contributed by atoms with Gasteiger partial charge in [-0.3, -0.25) is 9.59 Å². The van der Waals surface area contributed by atoms with Crippen LogP contribution in [-0.2, 0) is 21.0 Å². The third-order valence-electron chi connectivity index (χ3n) is 3.15. The Morgan fingerprint density at radius 2 is 1.65 bits per heavy atom. The minimum absolute atomic E-state index is 0.00614. The van der Waals surface area contributed by atoms with Gasteiger partial charge in [0.2, 0.25) is 11.8 Å². The van der Waals surface area contributed by atoms with Gasteiger partial charge >= 0.3 is 12.0 Å². The molecule has 0 N–H and O–H groups in total. The normalized spacial score (nSPS) is 10.0. The largest absolute Gasteiger partial charge is 0.481 e. The second-order valence-electron chi connectivity index (χ2n) is 5.08. The number of benzene rings is 1. The van der Waals surface area contributed by atoms with Crippen LogP contribution in [0, 0.1) is 0 Å². The van der Waals surface area contributed by atoms with Crippen LogP contribution in [0.25, 0.3) is 0 Å². The molecule has 1 aromatic heterocycles. The lowest BCUT2D eigenvalue weighted by atomic mass is 10.2. The summed E-state index contributed by atoms with van der Waals surface area (Å²) in [5.41, 5.74) is 0.592. The van der Waals surface area contributed by atoms with E-state index in [1.807, 2.05) is 0 Å². The average molecular weight is 361 g/mol. The van der Waals surface area contributed by atoms with Gasteiger partial charge in [-0.05, 0) is 6.07 Å². The van der Waals surface area contributed by atoms with Gasteiger partial charge in [-0.1, -0.05) is 18.2 Å². The highest BCUT2D eigenvalue weighted by atomic mass is 16.7. The Morgan fingerprint density at radius 3 is 2.19 bits per heavy atom. The lowest BCUT2D eigenvalue weighted by molar-refractivity contribution is -0.197. The number of methoxy groups -OCH3 is 2. The average Bonchev–Trinajstić information content (AvgIpc) is 2.61. The number of hydrogen-bond acceptors (Lipinski definition) is 8. The summed E-state index contributed by atoms with van der Waals surface area (Å²) >= 11 is 0. The molecule has 0 aliphatic carbocycles. The van der Waals surface area contributed by atoms with E-state index in [4.69, 9.17) is 19.0 Å². The predicted octanol–water partition coefficient (Wildman–Crippen LogP) is 2.11. The Morgan fingerprint density at radius 1 is 1.04 bits per heavy atom. The molecule has 2 aromatic rings. The maximum Gasteiger partial charge on any atom is 0.329 e. The van der Waals surface area contributed by atoms with Gasteiger partial charge in [0.05, 0.1) is 26.8 Å². The van der Waals surface area contributed by atoms with E-state index in [-0.39, 0.29) is 24.3 Å². The summed E-state index contributed by atoms with van der Waals surface area (Å²) < 4.78 is 15.9. The molecule has 1 heterocycles. The first-order chi connectivity index (χ1) is 12.4. The Bertz CT molecular complexity index is 774. The first kappa shape index (κ1) is 19.0. The van der Waals surface area contributed by atoms with Gasteiger partial charge < -0.3 is 19.0 Å². The summed E-state index contributed by atoms with van der Waals surface area (Å²) in [4.78, 5) is 35.9. The molecule has 9 nitrogen and oxygen atoms in total. The molecule has 0 atom stereocenters. The fourth-order valence-electron chi connectivity index (χ4n) is 1.99. The van der Waals surface area contributed by atoms with E-state index in [9.17, 15) is 9.59 Å². The molecule has 2 rings (SSSR count). The summed E-state index contributed by atoms with van der Waals surface area (Å²) in [5, 5.41) is 0.942. The fraction of sp³-hybridized carbons (Fsp3) is 0.294. The summed E-state index contributed by atoms with van der Waals surface area (Å²) in [6.45, 7) is 2.52. The van der Waals surface area contributed by atoms with E-state index in [0.29, 0.717) is 11.3 Å². The number of carbonyl (C=O) groups excluding carboxylic acids is 2. The van der Waals surface area contributed by atoms with Gasteiger partial charge in [0.25, 0.3) is 5.91 Å². The molecule has 1 amide bonds. The number of nitrogens with zero attached hydrogens (tertiary/aromatic N) is 3. The molecule has 1 aromatic carbocycles. The third-order valence-corrected chi connectivity index (χ3v) is 3.15. The van der Waals surface area contributed by atoms with Gasteiger partial charge in [-0.25, -0.2) is 0 Å². The van der Waals surface area contributed by atoms with Crippen LogP contribution in [0.4, 0.5) is 0 Å². The zero-order valence-electron chi connectivity index (χ0n) is 14.9. The van der Waals surface area contributed by atoms with Gasteiger partial charge in [0.15, 0.2) is 0 Å². The number of ether oxygens (including phenoxy) is 3. The van der Waals surface area contributed by atoms with Crippen LogP contribution in [0.1, 0.15) is 19.4 Å². The highest BCUT2D eigenvalue weighted by Crippen LogP contribution is 2.27. The first-order valence-electron chi connectivity index (χ1n) is 7.62. The number of aromatic nitrogens is 2. The summed E-state index contributed by atoms with van der Waals surface area (Å²) in [7, 11) is 2.92. The van der Waals surface area contributed by atoms with E-state index in [0.717, 1.165) is 5.06 Å². The standard InChI is InChI=1S/C17H19N3O6/c1-11(21)20(26-12(2)22)10-13-7-5-6-8-14(13)25-17-18-15(23-3)9-16(19-17)24-4/h5-9H,10H2,1-4H3. The van der Waals surface area contributed by atoms with Gasteiger partial charge in [-0.2, -0.15) is 15.0 Å². The zero-order chi connectivity index (χ0) is 19.1. The number of hydroxylamine groups is 2. The Balaban J connectivity index is 2.29. The predicted molar refractivity (Wildman–Crippen MR) is 89.6 cm³/mol. The molecular formula is C17H19N3O6. The van der Waals surface area contributed by atoms with Crippen molar-refractivity contribution in [1.29, 1.82) is 0 Å². The molecule has 0 unspecified atom stereocenters. The topological polar surface area (TPSA) is 100 Å². The molecule has 0 saturated heterocycles. The molecule has 0 radical (unpaired) electrons. The Kier molecular flexibility index (Phi) is 6.31. The minimum Gasteiger partial charge on any atom is -0.481 e. The van der Waals surface area contributed by atoms with Crippen molar-refractivity contribution in [2.45, 2.75) is 20.4 Å². The molecule has 138 valence electrons. The van der Waals surface area contributed by atoms with Gasteiger partial charge in [0.1, 0.15) is 5.75 Å². The monoisotopic (exact) mass is 361 g/mol. The van der Waals surface area contributed by atoms with Crippen LogP contribution in [0.5, 0.6) is 23.5 Å². The highest BCUT2D eigenvalue weighted by Gasteiger charge is 2.17. The van der Waals surface area contributed by atoms with Crippen molar-refractivity contribution < 1.29 is 28.6 Å². The van der Waals surface area contributed by atoms with E-state index in [2.05, 4.69) is 9.97 Å². The molecule has 26 heavy (non-hydrogen) atoms. The zero-order valence-corrected chi connectivity index (χ0v) is 14.9. The van der Waals surface area contributed by atoms with Gasteiger partial charge in [-0.15, -0.1) is 0 Å². The summed E-state index contributed by atoms with van der Waals surface area (Å²) in [5.74, 6) is -0.0841. The Labute approximate surface area is 150 Å². The SMILES string of the molecule is COc1cc(OC)nc(Oc2ccccc2CN(OC(C)=O)C(C)=O)n1. The number of para-hydroxylation sites is 1. The summed E-state index contributed by atoms with van der Waals surface area (Å²) in [6, 6.07) is 8.44. The van der Waals surface area contributed by atoms with E-state index in [1.165, 1.54) is 34.1 Å². The van der Waals surface area contributed by atoms with E-state index < -0.39 is 11.9 Å². The fourth-order valence-corrected chi connectivity index (χ4v) is 1.99. The lowest BCUT2D eigenvalue weighted by Gasteiger charge is -2.20. The van der Waals surface area contributed by atoms with Crippen molar-refractivity contribution in [2.24, 2.45) is 0 Å². The summed E-state index contributed by atoms with van der Waals surface area (Å²) in [6.07, 6.45) is 0. The van der Waals surface area contributed by atoms with Crippen LogP contribution in [0.15, 0.2) is 30.3 Å². The maximum atomic E-state index is 11.7. The minimum atomic E-state index is -0.598. The van der Waals surface area contributed by atoms with Crippen molar-refractivity contribution in [3.05, 3.63) is 35.9 Å². The van der Waals surface area contributed by atoms with Crippen molar-refractivity contribution in [3.63, 3.8) is 0 Å². The number of carbonyl (C=O) groups is 2. The van der Waals surface area contributed by atoms with Gasteiger partial charge in [0, 0.05) is 19.4 Å². The molecule has 0 spiro atoms. The van der Waals surface area contributed by atoms with E-state index >= 15 is 0 Å². The van der Waals surface area contributed by atoms with Crippen molar-refractivity contribution in [2.75, 3.05) is 14.2 Å². The highest BCUT2D eigenvalue weighted by molar-refractivity contribution is 5.75. The maximum absolute atomic E-state index is 11.7. The molecule has 0 saturated carbocycles. The second kappa shape index (κ2) is 8.65. The van der Waals surface area contributed by atoms with Crippen LogP contribution in [0.2, 0.25) is 0 Å². The van der Waals surface area contributed by atoms with Crippen molar-refractivity contribution >= 4 is 11.9 Å². The second-order valence-corrected chi connectivity index (χ2v) is 5.08. The van der Waals surface area contributed by atoms with Crippen molar-refractivity contribution in [3.8, 4) is 23.5 Å². The quantitative estimate of drug-likeness (QED) is 0.721. The third kappa shape index (κ3) is 5.07. The van der Waals surface area contributed by atoms with Crippen molar-refractivity contribution in [1.82, 2.24) is 15.0 Å². The smallest absolute Gasteiger partial charge is 0.329 e.